The molecule has 1 fully saturated rings. The molecule has 1 aromatic heterocycles. The third kappa shape index (κ3) is 9.34. The van der Waals surface area contributed by atoms with E-state index in [9.17, 15) is 26.4 Å². The number of ether oxygens (including phenoxy) is 2. The Morgan fingerprint density at radius 2 is 1.74 bits per heavy atom. The number of carbonyl (C=O) groups excluding carboxylic acids is 1. The number of aromatic nitrogens is 1. The van der Waals surface area contributed by atoms with E-state index in [0.29, 0.717) is 53.6 Å². The van der Waals surface area contributed by atoms with Crippen LogP contribution in [0.4, 0.5) is 24.7 Å². The van der Waals surface area contributed by atoms with Crippen LogP contribution in [-0.4, -0.2) is 54.5 Å². The minimum absolute atomic E-state index is 0.0573. The smallest absolute Gasteiger partial charge is 0.490 e. The first kappa shape index (κ1) is 37.8. The molecule has 5 rings (SSSR count). The number of carbonyl (C=O) groups is 2. The maximum absolute atomic E-state index is 13.9. The molecule has 0 saturated heterocycles. The molecule has 15 heteroatoms. The van der Waals surface area contributed by atoms with Crippen molar-refractivity contribution in [2.75, 3.05) is 17.7 Å². The second-order valence-corrected chi connectivity index (χ2v) is 13.9. The average molecular weight is 717 g/mol. The van der Waals surface area contributed by atoms with Gasteiger partial charge in [0.2, 0.25) is 5.91 Å². The minimum Gasteiger partial charge on any atom is -0.490 e. The number of carboxylic acid groups (broad SMARTS) is 1. The average Bonchev–Trinajstić information content (AvgIpc) is 3.02. The predicted molar refractivity (Wildman–Crippen MR) is 183 cm³/mol. The number of rotatable bonds is 12. The van der Waals surface area contributed by atoms with Gasteiger partial charge in [0.1, 0.15) is 11.9 Å². The molecule has 0 radical (unpaired) electrons. The van der Waals surface area contributed by atoms with Crippen LogP contribution in [0, 0.1) is 0 Å². The maximum Gasteiger partial charge on any atom is 0.490 e. The number of aliphatic carboxylic acids is 1. The van der Waals surface area contributed by atoms with Gasteiger partial charge in [-0.2, -0.15) is 13.2 Å². The van der Waals surface area contributed by atoms with E-state index in [4.69, 9.17) is 25.1 Å². The number of amides is 1. The summed E-state index contributed by atoms with van der Waals surface area (Å²) >= 11 is 0. The molecule has 4 aromatic rings. The van der Waals surface area contributed by atoms with Crippen molar-refractivity contribution in [3.8, 4) is 11.5 Å². The lowest BCUT2D eigenvalue weighted by molar-refractivity contribution is -0.192. The van der Waals surface area contributed by atoms with Crippen LogP contribution in [-0.2, 0) is 26.0 Å². The molecule has 50 heavy (non-hydrogen) atoms. The summed E-state index contributed by atoms with van der Waals surface area (Å²) in [5.74, 6) is -1.54. The van der Waals surface area contributed by atoms with Crippen LogP contribution in [0.25, 0.3) is 10.8 Å². The molecule has 268 valence electrons. The number of nitrogens with two attached hydrogens (primary N) is 1. The highest BCUT2D eigenvalue weighted by molar-refractivity contribution is 7.92. The van der Waals surface area contributed by atoms with Gasteiger partial charge in [0.05, 0.1) is 22.9 Å². The number of fused-ring (bicyclic) bond motifs is 1. The first-order valence-electron chi connectivity index (χ1n) is 15.9. The fraction of sp³-hybridized carbons (Fsp3) is 0.343. The van der Waals surface area contributed by atoms with Crippen molar-refractivity contribution in [1.82, 2.24) is 10.3 Å². The Kier molecular flexibility index (Phi) is 12.2. The number of nitrogens with zero attached hydrogens (tertiary/aromatic N) is 1. The van der Waals surface area contributed by atoms with E-state index in [1.807, 2.05) is 51.1 Å². The lowest BCUT2D eigenvalue weighted by Gasteiger charge is -2.26. The van der Waals surface area contributed by atoms with Crippen molar-refractivity contribution in [3.05, 3.63) is 84.1 Å². The number of hydrogen-bond acceptors (Lipinski definition) is 9. The van der Waals surface area contributed by atoms with Gasteiger partial charge in [-0.25, -0.2) is 18.2 Å². The number of alkyl halides is 3. The molecule has 0 spiro atoms. The standard InChI is InChI=1S/C33H38N4O5S.C2HF3O2/c1-4-41-29-19-23(12-15-28(29)42-21(2)3)31(37-25-13-14-27-22(18-25)16-17-35-32(27)34)33(38)36-20-24-8-5-6-11-30(24)43(39,40)26-9-7-10-26;3-2(4,5)1(6)7/h5-6,8,11-19,21,26,31,37H,4,7,9-10,20H2,1-3H3,(H2,34,35)(H,36,38);(H,6,7)/t31-;/m0./s1. The minimum atomic E-state index is -5.08. The summed E-state index contributed by atoms with van der Waals surface area (Å²) in [4.78, 5) is 27.2. The quantitative estimate of drug-likeness (QED) is 0.128. The molecule has 1 aliphatic carbocycles. The number of pyridine rings is 1. The van der Waals surface area contributed by atoms with Crippen molar-refractivity contribution in [2.45, 2.75) is 75.0 Å². The van der Waals surface area contributed by atoms with Crippen LogP contribution >= 0.6 is 0 Å². The maximum atomic E-state index is 13.9. The summed E-state index contributed by atoms with van der Waals surface area (Å²) in [5, 5.41) is 14.8. The Bertz CT molecular complexity index is 1930. The molecular weight excluding hydrogens is 677 g/mol. The molecule has 11 nitrogen and oxygen atoms in total. The monoisotopic (exact) mass is 716 g/mol. The normalized spacial score (nSPS) is 13.8. The molecule has 1 heterocycles. The van der Waals surface area contributed by atoms with Crippen LogP contribution in [0.3, 0.4) is 0 Å². The van der Waals surface area contributed by atoms with Crippen LogP contribution in [0.1, 0.15) is 57.2 Å². The summed E-state index contributed by atoms with van der Waals surface area (Å²) in [7, 11) is -3.47. The molecular formula is C35H39F3N4O7S. The van der Waals surface area contributed by atoms with Crippen molar-refractivity contribution >= 4 is 44.0 Å². The second kappa shape index (κ2) is 16.1. The van der Waals surface area contributed by atoms with Crippen LogP contribution < -0.4 is 25.8 Å². The molecule has 1 atom stereocenters. The summed E-state index contributed by atoms with van der Waals surface area (Å²) in [6.07, 6.45) is -1.25. The zero-order chi connectivity index (χ0) is 36.6. The van der Waals surface area contributed by atoms with E-state index in [0.717, 1.165) is 17.2 Å². The van der Waals surface area contributed by atoms with Crippen molar-refractivity contribution in [1.29, 1.82) is 0 Å². The molecule has 1 aliphatic rings. The lowest BCUT2D eigenvalue weighted by atomic mass is 10.00. The van der Waals surface area contributed by atoms with Gasteiger partial charge < -0.3 is 30.9 Å². The Morgan fingerprint density at radius 1 is 1.04 bits per heavy atom. The molecule has 1 saturated carbocycles. The predicted octanol–water partition coefficient (Wildman–Crippen LogP) is 6.43. The van der Waals surface area contributed by atoms with Gasteiger partial charge in [-0.15, -0.1) is 0 Å². The van der Waals surface area contributed by atoms with Gasteiger partial charge in [0.15, 0.2) is 21.3 Å². The molecule has 1 amide bonds. The number of nitrogens with one attached hydrogen (secondary N) is 2. The summed E-state index contributed by atoms with van der Waals surface area (Å²) in [6, 6.07) is 19.0. The number of nitrogen functional groups attached to an aromatic ring is 1. The third-order valence-electron chi connectivity index (χ3n) is 7.80. The van der Waals surface area contributed by atoms with Crippen LogP contribution in [0.5, 0.6) is 11.5 Å². The first-order valence-corrected chi connectivity index (χ1v) is 17.4. The number of hydrogen-bond donors (Lipinski definition) is 4. The fourth-order valence-electron chi connectivity index (χ4n) is 5.15. The fourth-order valence-corrected chi connectivity index (χ4v) is 7.24. The number of halogens is 3. The van der Waals surface area contributed by atoms with E-state index in [1.165, 1.54) is 0 Å². The van der Waals surface area contributed by atoms with E-state index in [-0.39, 0.29) is 28.7 Å². The highest BCUT2D eigenvalue weighted by Gasteiger charge is 2.38. The number of carboxylic acids is 1. The Hall–Kier alpha value is -5.05. The van der Waals surface area contributed by atoms with E-state index in [1.54, 1.807) is 42.6 Å². The Balaban J connectivity index is 0.000000727. The topological polar surface area (TPSA) is 170 Å². The van der Waals surface area contributed by atoms with Crippen molar-refractivity contribution in [2.24, 2.45) is 0 Å². The van der Waals surface area contributed by atoms with Crippen LogP contribution in [0.2, 0.25) is 0 Å². The first-order chi connectivity index (χ1) is 23.6. The van der Waals surface area contributed by atoms with E-state index < -0.39 is 28.0 Å². The van der Waals surface area contributed by atoms with Crippen molar-refractivity contribution in [3.63, 3.8) is 0 Å². The number of sulfone groups is 1. The number of benzene rings is 3. The highest BCUT2D eigenvalue weighted by atomic mass is 32.2. The summed E-state index contributed by atoms with van der Waals surface area (Å²) in [5.41, 5.74) is 7.96. The van der Waals surface area contributed by atoms with Gasteiger partial charge in [-0.1, -0.05) is 30.7 Å². The van der Waals surface area contributed by atoms with Gasteiger partial charge in [-0.3, -0.25) is 4.79 Å². The summed E-state index contributed by atoms with van der Waals surface area (Å²) < 4.78 is 70.0. The van der Waals surface area contributed by atoms with Gasteiger partial charge in [0.25, 0.3) is 0 Å². The van der Waals surface area contributed by atoms with Crippen molar-refractivity contribution < 1.29 is 45.8 Å². The Labute approximate surface area is 287 Å². The zero-order valence-electron chi connectivity index (χ0n) is 27.7. The van der Waals surface area contributed by atoms with Gasteiger partial charge >= 0.3 is 12.1 Å². The largest absolute Gasteiger partial charge is 0.490 e. The molecule has 3 aromatic carbocycles. The second-order valence-electron chi connectivity index (χ2n) is 11.7. The Morgan fingerprint density at radius 3 is 2.36 bits per heavy atom. The SMILES string of the molecule is CCOc1cc([C@H](Nc2ccc3c(N)nccc3c2)C(=O)NCc2ccccc2S(=O)(=O)C2CCC2)ccc1OC(C)C.O=C(O)C(F)(F)F. The molecule has 5 N–H and O–H groups in total. The molecule has 0 aliphatic heterocycles. The molecule has 0 bridgehead atoms. The van der Waals surface area contributed by atoms with E-state index >= 15 is 0 Å². The molecule has 0 unspecified atom stereocenters. The van der Waals surface area contributed by atoms with E-state index in [2.05, 4.69) is 15.6 Å². The van der Waals surface area contributed by atoms with Gasteiger partial charge in [-0.05, 0) is 92.6 Å². The third-order valence-corrected chi connectivity index (χ3v) is 10.2. The summed E-state index contributed by atoms with van der Waals surface area (Å²) in [6.45, 7) is 6.25. The lowest BCUT2D eigenvalue weighted by Crippen LogP contribution is -2.34. The zero-order valence-corrected chi connectivity index (χ0v) is 28.5. The number of anilines is 2. The van der Waals surface area contributed by atoms with Gasteiger partial charge in [0, 0.05) is 23.8 Å². The highest BCUT2D eigenvalue weighted by Crippen LogP contribution is 2.35. The van der Waals surface area contributed by atoms with Crippen LogP contribution in [0.15, 0.2) is 77.8 Å².